The average Bonchev–Trinajstić information content (AvgIpc) is 3.25. The zero-order valence-electron chi connectivity index (χ0n) is 13.9. The van der Waals surface area contributed by atoms with Crippen LogP contribution in [0.2, 0.25) is 0 Å². The van der Waals surface area contributed by atoms with Crippen LogP contribution in [-0.4, -0.2) is 21.5 Å². The Kier molecular flexibility index (Phi) is 4.39. The van der Waals surface area contributed by atoms with Gasteiger partial charge in [0, 0.05) is 66.7 Å². The second-order valence-electron chi connectivity index (χ2n) is 6.68. The van der Waals surface area contributed by atoms with Crippen LogP contribution >= 0.6 is 43.6 Å². The van der Waals surface area contributed by atoms with Crippen LogP contribution in [0.3, 0.4) is 0 Å². The van der Waals surface area contributed by atoms with Crippen LogP contribution in [0.5, 0.6) is 0 Å². The first kappa shape index (κ1) is 16.9. The molecule has 1 aliphatic heterocycles. The summed E-state index contributed by atoms with van der Waals surface area (Å²) in [6.45, 7) is 0. The van der Waals surface area contributed by atoms with Gasteiger partial charge in [-0.3, -0.25) is 0 Å². The van der Waals surface area contributed by atoms with Crippen LogP contribution in [-0.2, 0) is 0 Å². The van der Waals surface area contributed by atoms with Gasteiger partial charge in [-0.2, -0.15) is 11.8 Å². The molecule has 0 spiro atoms. The quantitative estimate of drug-likeness (QED) is 0.309. The minimum absolute atomic E-state index is 0.342. The highest BCUT2D eigenvalue weighted by Crippen LogP contribution is 2.37. The Bertz CT molecular complexity index is 1020. The smallest absolute Gasteiger partial charge is 0.0468 e. The number of halogens is 2. The molecular weight excluding hydrogens is 474 g/mol. The molecule has 5 rings (SSSR count). The van der Waals surface area contributed by atoms with Crippen molar-refractivity contribution in [2.24, 2.45) is 0 Å². The molecule has 132 valence electrons. The zero-order valence-corrected chi connectivity index (χ0v) is 17.8. The van der Waals surface area contributed by atoms with Gasteiger partial charge in [-0.25, -0.2) is 0 Å². The van der Waals surface area contributed by atoms with Crippen LogP contribution in [0.25, 0.3) is 21.8 Å². The molecule has 6 heteroatoms. The summed E-state index contributed by atoms with van der Waals surface area (Å²) in [7, 11) is 0. The lowest BCUT2D eigenvalue weighted by molar-refractivity contribution is 0.495. The number of fused-ring (bicyclic) bond motifs is 2. The molecule has 1 aliphatic rings. The first-order valence-electron chi connectivity index (χ1n) is 8.56. The van der Waals surface area contributed by atoms with Gasteiger partial charge in [0.25, 0.3) is 0 Å². The standard InChI is InChI=1S/C20H17Br2N3S/c21-11-1-3-13-15(7-23-17(13)5-11)19-9-26-10-20(25-19)16-8-24-18-6-12(22)2-4-14(16)18/h1-8,19-20,23-25H,9-10H2. The van der Waals surface area contributed by atoms with E-state index in [4.69, 9.17) is 0 Å². The minimum atomic E-state index is 0.342. The Balaban J connectivity index is 1.49. The number of rotatable bonds is 2. The van der Waals surface area contributed by atoms with Crippen molar-refractivity contribution in [1.82, 2.24) is 15.3 Å². The predicted octanol–water partition coefficient (Wildman–Crippen LogP) is 6.29. The van der Waals surface area contributed by atoms with Gasteiger partial charge in [-0.15, -0.1) is 0 Å². The number of benzene rings is 2. The zero-order chi connectivity index (χ0) is 17.7. The van der Waals surface area contributed by atoms with Crippen molar-refractivity contribution in [2.45, 2.75) is 12.1 Å². The lowest BCUT2D eigenvalue weighted by Gasteiger charge is -2.30. The molecule has 1 fully saturated rings. The minimum Gasteiger partial charge on any atom is -0.361 e. The second-order valence-corrected chi connectivity index (χ2v) is 9.58. The molecule has 3 heterocycles. The van der Waals surface area contributed by atoms with Crippen LogP contribution < -0.4 is 5.32 Å². The highest BCUT2D eigenvalue weighted by Gasteiger charge is 2.27. The van der Waals surface area contributed by atoms with Crippen molar-refractivity contribution in [3.05, 3.63) is 68.9 Å². The first-order valence-corrected chi connectivity index (χ1v) is 11.3. The summed E-state index contributed by atoms with van der Waals surface area (Å²) in [5.74, 6) is 2.18. The largest absolute Gasteiger partial charge is 0.361 e. The Hall–Kier alpha value is -1.21. The molecule has 2 unspecified atom stereocenters. The topological polar surface area (TPSA) is 43.6 Å². The van der Waals surface area contributed by atoms with Crippen molar-refractivity contribution >= 4 is 65.4 Å². The summed E-state index contributed by atoms with van der Waals surface area (Å²) in [6.07, 6.45) is 4.31. The predicted molar refractivity (Wildman–Crippen MR) is 118 cm³/mol. The Morgan fingerprint density at radius 1 is 0.769 bits per heavy atom. The highest BCUT2D eigenvalue weighted by atomic mass is 79.9. The van der Waals surface area contributed by atoms with Gasteiger partial charge >= 0.3 is 0 Å². The van der Waals surface area contributed by atoms with Crippen LogP contribution in [0.1, 0.15) is 23.2 Å². The van der Waals surface area contributed by atoms with Crippen molar-refractivity contribution in [3.63, 3.8) is 0 Å². The summed E-state index contributed by atoms with van der Waals surface area (Å²) < 4.78 is 2.21. The van der Waals surface area contributed by atoms with Crippen LogP contribution in [0.4, 0.5) is 0 Å². The molecule has 26 heavy (non-hydrogen) atoms. The lowest BCUT2D eigenvalue weighted by atomic mass is 10.0. The van der Waals surface area contributed by atoms with Crippen molar-refractivity contribution in [3.8, 4) is 0 Å². The lowest BCUT2D eigenvalue weighted by Crippen LogP contribution is -2.33. The van der Waals surface area contributed by atoms with E-state index < -0.39 is 0 Å². The van der Waals surface area contributed by atoms with Crippen molar-refractivity contribution < 1.29 is 0 Å². The van der Waals surface area contributed by atoms with Gasteiger partial charge in [-0.05, 0) is 35.4 Å². The third-order valence-corrected chi connectivity index (χ3v) is 7.20. The molecule has 0 radical (unpaired) electrons. The molecular formula is C20H17Br2N3S. The molecule has 1 saturated heterocycles. The Morgan fingerprint density at radius 3 is 1.77 bits per heavy atom. The SMILES string of the molecule is Brc1ccc2c(C3CSCC(c4c[nH]c5cc(Br)ccc45)N3)c[nH]c2c1. The second kappa shape index (κ2) is 6.75. The first-order chi connectivity index (χ1) is 12.7. The van der Waals surface area contributed by atoms with Gasteiger partial charge in [0.2, 0.25) is 0 Å². The van der Waals surface area contributed by atoms with Crippen LogP contribution in [0, 0.1) is 0 Å². The van der Waals surface area contributed by atoms with E-state index in [0.29, 0.717) is 12.1 Å². The fourth-order valence-corrected chi connectivity index (χ4v) is 5.70. The summed E-state index contributed by atoms with van der Waals surface area (Å²) in [5.41, 5.74) is 5.07. The summed E-state index contributed by atoms with van der Waals surface area (Å²) >= 11 is 9.13. The summed E-state index contributed by atoms with van der Waals surface area (Å²) in [6, 6.07) is 13.6. The van der Waals surface area contributed by atoms with Gasteiger partial charge in [0.15, 0.2) is 0 Å². The third kappa shape index (κ3) is 2.93. The summed E-state index contributed by atoms with van der Waals surface area (Å²) in [4.78, 5) is 6.84. The van der Waals surface area contributed by atoms with E-state index in [1.807, 2.05) is 11.8 Å². The number of H-pyrrole nitrogens is 2. The van der Waals surface area contributed by atoms with Gasteiger partial charge in [0.05, 0.1) is 0 Å². The van der Waals surface area contributed by atoms with E-state index in [-0.39, 0.29) is 0 Å². The Labute approximate surface area is 172 Å². The normalized spacial score (nSPS) is 20.8. The van der Waals surface area contributed by atoms with E-state index in [1.165, 1.54) is 32.9 Å². The molecule has 3 N–H and O–H groups in total. The number of nitrogens with one attached hydrogen (secondary N) is 3. The molecule has 0 aliphatic carbocycles. The summed E-state index contributed by atoms with van der Waals surface area (Å²) in [5, 5.41) is 6.49. The molecule has 3 nitrogen and oxygen atoms in total. The molecule has 2 atom stereocenters. The Morgan fingerprint density at radius 2 is 1.27 bits per heavy atom. The molecule has 0 bridgehead atoms. The van der Waals surface area contributed by atoms with Crippen molar-refractivity contribution in [1.29, 1.82) is 0 Å². The van der Waals surface area contributed by atoms with Gasteiger partial charge < -0.3 is 15.3 Å². The van der Waals surface area contributed by atoms with E-state index in [0.717, 1.165) is 20.5 Å². The van der Waals surface area contributed by atoms with E-state index >= 15 is 0 Å². The van der Waals surface area contributed by atoms with Crippen LogP contribution in [0.15, 0.2) is 57.7 Å². The number of aromatic amines is 2. The number of hydrogen-bond acceptors (Lipinski definition) is 2. The van der Waals surface area contributed by atoms with Crippen molar-refractivity contribution in [2.75, 3.05) is 11.5 Å². The molecule has 4 aromatic rings. The van der Waals surface area contributed by atoms with E-state index in [1.54, 1.807) is 0 Å². The fourth-order valence-electron chi connectivity index (χ4n) is 3.82. The molecule has 2 aromatic carbocycles. The highest BCUT2D eigenvalue weighted by molar-refractivity contribution is 9.10. The number of hydrogen-bond donors (Lipinski definition) is 3. The van der Waals surface area contributed by atoms with Gasteiger partial charge in [-0.1, -0.05) is 44.0 Å². The molecule has 2 aromatic heterocycles. The van der Waals surface area contributed by atoms with E-state index in [9.17, 15) is 0 Å². The number of aromatic nitrogens is 2. The maximum atomic E-state index is 3.89. The fraction of sp³-hybridized carbons (Fsp3) is 0.200. The molecule has 0 saturated carbocycles. The van der Waals surface area contributed by atoms with Gasteiger partial charge in [0.1, 0.15) is 0 Å². The third-order valence-electron chi connectivity index (χ3n) is 5.07. The maximum Gasteiger partial charge on any atom is 0.0468 e. The maximum absolute atomic E-state index is 3.89. The van der Waals surface area contributed by atoms with E-state index in [2.05, 4.69) is 95.9 Å². The molecule has 0 amide bonds. The number of thioether (sulfide) groups is 1. The average molecular weight is 491 g/mol. The monoisotopic (exact) mass is 489 g/mol.